The molecule has 0 saturated carbocycles. The van der Waals surface area contributed by atoms with E-state index in [1.54, 1.807) is 0 Å². The van der Waals surface area contributed by atoms with Crippen LogP contribution >= 0.6 is 11.8 Å². The Morgan fingerprint density at radius 2 is 1.11 bits per heavy atom. The minimum absolute atomic E-state index is 0.251. The van der Waals surface area contributed by atoms with E-state index in [1.165, 1.54) is 0 Å². The van der Waals surface area contributed by atoms with E-state index in [0.29, 0.717) is 0 Å². The van der Waals surface area contributed by atoms with Crippen molar-refractivity contribution in [2.45, 2.75) is 10.1 Å². The Kier molecular flexibility index (Phi) is 4.35. The molecule has 2 amide bonds. The van der Waals surface area contributed by atoms with Crippen LogP contribution in [0.4, 0.5) is 22.0 Å². The van der Waals surface area contributed by atoms with Gasteiger partial charge in [0.1, 0.15) is 0 Å². The molecule has 1 aromatic rings. The highest BCUT2D eigenvalue weighted by atomic mass is 32.2. The van der Waals surface area contributed by atoms with E-state index < -0.39 is 51.0 Å². The van der Waals surface area contributed by atoms with Crippen molar-refractivity contribution in [2.24, 2.45) is 11.5 Å². The minimum Gasteiger partial charge on any atom is -0.368 e. The molecule has 0 aliphatic rings. The molecule has 0 bridgehead atoms. The molecular formula is C9H5F5N2O2S. The summed E-state index contributed by atoms with van der Waals surface area (Å²) in [6.07, 6.45) is 0. The number of halogens is 5. The summed E-state index contributed by atoms with van der Waals surface area (Å²) in [6, 6.07) is 0. The number of carbonyl (C=O) groups excluding carboxylic acids is 2. The van der Waals surface area contributed by atoms with Crippen molar-refractivity contribution < 1.29 is 31.5 Å². The van der Waals surface area contributed by atoms with Crippen molar-refractivity contribution in [2.75, 3.05) is 0 Å². The van der Waals surface area contributed by atoms with Crippen molar-refractivity contribution in [3.05, 3.63) is 29.1 Å². The number of thioether (sulfide) groups is 1. The molecular weight excluding hydrogens is 295 g/mol. The van der Waals surface area contributed by atoms with Gasteiger partial charge in [0.2, 0.25) is 17.6 Å². The normalized spacial score (nSPS) is 10.8. The smallest absolute Gasteiger partial charge is 0.240 e. The van der Waals surface area contributed by atoms with Crippen LogP contribution in [-0.2, 0) is 9.59 Å². The van der Waals surface area contributed by atoms with Crippen LogP contribution in [-0.4, -0.2) is 17.1 Å². The first-order valence-corrected chi connectivity index (χ1v) is 5.33. The molecule has 0 saturated heterocycles. The second kappa shape index (κ2) is 5.43. The number of hydrogen-bond donors (Lipinski definition) is 2. The maximum absolute atomic E-state index is 13.2. The molecule has 0 aliphatic carbocycles. The van der Waals surface area contributed by atoms with Gasteiger partial charge in [0.15, 0.2) is 28.5 Å². The van der Waals surface area contributed by atoms with Gasteiger partial charge in [-0.25, -0.2) is 22.0 Å². The second-order valence-corrected chi connectivity index (χ2v) is 4.32. The van der Waals surface area contributed by atoms with E-state index in [4.69, 9.17) is 11.5 Å². The summed E-state index contributed by atoms with van der Waals surface area (Å²) in [4.78, 5) is 20.2. The van der Waals surface area contributed by atoms with Gasteiger partial charge in [-0.05, 0) is 0 Å². The van der Waals surface area contributed by atoms with E-state index in [1.807, 2.05) is 0 Å². The third-order valence-electron chi connectivity index (χ3n) is 1.92. The van der Waals surface area contributed by atoms with Gasteiger partial charge in [0.25, 0.3) is 0 Å². The molecule has 1 aromatic carbocycles. The lowest BCUT2D eigenvalue weighted by Crippen LogP contribution is -2.37. The summed E-state index contributed by atoms with van der Waals surface area (Å²) in [6.45, 7) is 0. The molecule has 0 aliphatic heterocycles. The predicted molar refractivity (Wildman–Crippen MR) is 54.3 cm³/mol. The zero-order chi connectivity index (χ0) is 14.9. The number of nitrogens with two attached hydrogens (primary N) is 2. The number of carbonyl (C=O) groups is 2. The maximum Gasteiger partial charge on any atom is 0.240 e. The summed E-state index contributed by atoms with van der Waals surface area (Å²) < 4.78 is 64.9. The lowest BCUT2D eigenvalue weighted by molar-refractivity contribution is -0.125. The number of primary amides is 2. The molecule has 1 rings (SSSR count). The Morgan fingerprint density at radius 3 is 1.42 bits per heavy atom. The van der Waals surface area contributed by atoms with Gasteiger partial charge in [0, 0.05) is 0 Å². The monoisotopic (exact) mass is 300 g/mol. The van der Waals surface area contributed by atoms with Gasteiger partial charge in [-0.3, -0.25) is 9.59 Å². The van der Waals surface area contributed by atoms with Crippen LogP contribution < -0.4 is 11.5 Å². The first kappa shape index (κ1) is 15.2. The molecule has 10 heteroatoms. The SMILES string of the molecule is NC(=O)C(Sc1c(F)c(F)c(F)c(F)c1F)C(N)=O. The van der Waals surface area contributed by atoms with Crippen molar-refractivity contribution in [1.29, 1.82) is 0 Å². The summed E-state index contributed by atoms with van der Waals surface area (Å²) >= 11 is -0.251. The molecule has 0 atom stereocenters. The predicted octanol–water partition coefficient (Wildman–Crippen LogP) is 0.813. The van der Waals surface area contributed by atoms with Crippen LogP contribution in [0.1, 0.15) is 0 Å². The third-order valence-corrected chi connectivity index (χ3v) is 3.22. The first-order chi connectivity index (χ1) is 8.68. The van der Waals surface area contributed by atoms with Crippen LogP contribution in [0.5, 0.6) is 0 Å². The Morgan fingerprint density at radius 1 is 0.789 bits per heavy atom. The summed E-state index contributed by atoms with van der Waals surface area (Å²) in [5.74, 6) is -13.8. The fourth-order valence-electron chi connectivity index (χ4n) is 1.06. The first-order valence-electron chi connectivity index (χ1n) is 4.45. The average Bonchev–Trinajstić information content (AvgIpc) is 2.33. The van der Waals surface area contributed by atoms with Gasteiger partial charge >= 0.3 is 0 Å². The van der Waals surface area contributed by atoms with Gasteiger partial charge in [-0.15, -0.1) is 0 Å². The average molecular weight is 300 g/mol. The van der Waals surface area contributed by atoms with Gasteiger partial charge in [-0.1, -0.05) is 11.8 Å². The van der Waals surface area contributed by atoms with E-state index in [2.05, 4.69) is 0 Å². The fraction of sp³-hybridized carbons (Fsp3) is 0.111. The van der Waals surface area contributed by atoms with E-state index in [0.717, 1.165) is 0 Å². The molecule has 19 heavy (non-hydrogen) atoms. The van der Waals surface area contributed by atoms with E-state index >= 15 is 0 Å². The van der Waals surface area contributed by atoms with E-state index in [9.17, 15) is 31.5 Å². The van der Waals surface area contributed by atoms with Crippen molar-refractivity contribution in [3.8, 4) is 0 Å². The Labute approximate surface area is 106 Å². The second-order valence-electron chi connectivity index (χ2n) is 3.20. The Bertz CT molecular complexity index is 523. The zero-order valence-electron chi connectivity index (χ0n) is 8.85. The van der Waals surface area contributed by atoms with Crippen molar-refractivity contribution in [1.82, 2.24) is 0 Å². The topological polar surface area (TPSA) is 86.2 Å². The third kappa shape index (κ3) is 2.78. The molecule has 104 valence electrons. The Hall–Kier alpha value is -1.84. The number of rotatable bonds is 4. The van der Waals surface area contributed by atoms with Crippen molar-refractivity contribution in [3.63, 3.8) is 0 Å². The highest BCUT2D eigenvalue weighted by molar-refractivity contribution is 8.01. The van der Waals surface area contributed by atoms with Crippen LogP contribution in [0.2, 0.25) is 0 Å². The van der Waals surface area contributed by atoms with Crippen LogP contribution in [0.15, 0.2) is 4.90 Å². The highest BCUT2D eigenvalue weighted by Crippen LogP contribution is 2.33. The summed E-state index contributed by atoms with van der Waals surface area (Å²) in [5.41, 5.74) is 9.45. The zero-order valence-corrected chi connectivity index (χ0v) is 9.66. The number of hydrogen-bond acceptors (Lipinski definition) is 3. The fourth-order valence-corrected chi connectivity index (χ4v) is 1.92. The highest BCUT2D eigenvalue weighted by Gasteiger charge is 2.31. The molecule has 0 unspecified atom stereocenters. The van der Waals surface area contributed by atoms with Crippen LogP contribution in [0.3, 0.4) is 0 Å². The van der Waals surface area contributed by atoms with E-state index in [-0.39, 0.29) is 11.8 Å². The molecule has 0 aromatic heterocycles. The molecule has 4 nitrogen and oxygen atoms in total. The van der Waals surface area contributed by atoms with Gasteiger partial charge in [-0.2, -0.15) is 0 Å². The summed E-state index contributed by atoms with van der Waals surface area (Å²) in [5, 5.41) is -1.96. The minimum atomic E-state index is -2.35. The Balaban J connectivity index is 3.36. The number of benzene rings is 1. The van der Waals surface area contributed by atoms with Gasteiger partial charge < -0.3 is 11.5 Å². The summed E-state index contributed by atoms with van der Waals surface area (Å²) in [7, 11) is 0. The molecule has 0 fully saturated rings. The lowest BCUT2D eigenvalue weighted by atomic mass is 10.3. The van der Waals surface area contributed by atoms with Crippen molar-refractivity contribution >= 4 is 23.6 Å². The number of amides is 2. The maximum atomic E-state index is 13.2. The van der Waals surface area contributed by atoms with Crippen LogP contribution in [0, 0.1) is 29.1 Å². The standard InChI is InChI=1S/C9H5F5N2O2S/c10-1-2(11)4(13)6(5(14)3(1)12)19-7(8(15)17)9(16)18/h7H,(H2,15,17)(H2,16,18). The molecule has 0 heterocycles. The molecule has 4 N–H and O–H groups in total. The molecule has 0 radical (unpaired) electrons. The van der Waals surface area contributed by atoms with Gasteiger partial charge in [0.05, 0.1) is 4.90 Å². The largest absolute Gasteiger partial charge is 0.368 e. The lowest BCUT2D eigenvalue weighted by Gasteiger charge is -2.11. The molecule has 0 spiro atoms. The van der Waals surface area contributed by atoms with Crippen LogP contribution in [0.25, 0.3) is 0 Å². The quantitative estimate of drug-likeness (QED) is 0.284.